The van der Waals surface area contributed by atoms with Crippen LogP contribution in [0.4, 0.5) is 11.4 Å². The number of anilines is 2. The number of benzene rings is 2. The molecule has 0 radical (unpaired) electrons. The van der Waals surface area contributed by atoms with Crippen LogP contribution in [0.25, 0.3) is 11.3 Å². The number of ether oxygens (including phenoxy) is 1. The molecule has 0 saturated carbocycles. The monoisotopic (exact) mass is 380 g/mol. The zero-order valence-corrected chi connectivity index (χ0v) is 15.2. The summed E-state index contributed by atoms with van der Waals surface area (Å²) in [6, 6.07) is 15.1. The van der Waals surface area contributed by atoms with Gasteiger partial charge in [0.25, 0.3) is 0 Å². The minimum atomic E-state index is -1.06. The fraction of sp³-hybridized carbons (Fsp3) is 0.143. The Bertz CT molecular complexity index is 965. The smallest absolute Gasteiger partial charge is 0.320 e. The molecule has 3 rings (SSSR count). The van der Waals surface area contributed by atoms with E-state index in [1.165, 1.54) is 11.2 Å². The SMILES string of the molecule is COc1ccccc1-c1occc1N(C=O)c1ccc(C[C@H](N)C(=O)O)cc1. The summed E-state index contributed by atoms with van der Waals surface area (Å²) in [6.45, 7) is 0. The second kappa shape index (κ2) is 8.41. The summed E-state index contributed by atoms with van der Waals surface area (Å²) in [7, 11) is 1.57. The third-order valence-electron chi connectivity index (χ3n) is 4.35. The molecular formula is C21H20N2O5. The number of hydrogen-bond acceptors (Lipinski definition) is 5. The number of furan rings is 1. The van der Waals surface area contributed by atoms with Gasteiger partial charge in [-0.25, -0.2) is 0 Å². The number of rotatable bonds is 8. The van der Waals surface area contributed by atoms with Crippen LogP contribution >= 0.6 is 0 Å². The molecule has 0 bridgehead atoms. The van der Waals surface area contributed by atoms with Crippen LogP contribution in [0, 0.1) is 0 Å². The van der Waals surface area contributed by atoms with E-state index < -0.39 is 12.0 Å². The molecule has 0 aliphatic rings. The van der Waals surface area contributed by atoms with Crippen LogP contribution in [0.15, 0.2) is 65.3 Å². The van der Waals surface area contributed by atoms with Gasteiger partial charge in [-0.05, 0) is 36.2 Å². The normalized spacial score (nSPS) is 11.6. The number of methoxy groups -OCH3 is 1. The average molecular weight is 380 g/mol. The highest BCUT2D eigenvalue weighted by Crippen LogP contribution is 2.39. The Morgan fingerprint density at radius 2 is 1.93 bits per heavy atom. The minimum absolute atomic E-state index is 0.203. The van der Waals surface area contributed by atoms with Crippen molar-refractivity contribution in [2.45, 2.75) is 12.5 Å². The van der Waals surface area contributed by atoms with Crippen molar-refractivity contribution in [3.8, 4) is 17.1 Å². The van der Waals surface area contributed by atoms with Gasteiger partial charge in [0.05, 0.1) is 24.6 Å². The van der Waals surface area contributed by atoms with Crippen molar-refractivity contribution in [1.29, 1.82) is 0 Å². The first kappa shape index (κ1) is 19.2. The Labute approximate surface area is 161 Å². The Hall–Kier alpha value is -3.58. The number of para-hydroxylation sites is 1. The van der Waals surface area contributed by atoms with E-state index in [4.69, 9.17) is 20.0 Å². The first-order valence-corrected chi connectivity index (χ1v) is 8.58. The topological polar surface area (TPSA) is 106 Å². The standard InChI is InChI=1S/C21H20N2O5/c1-27-19-5-3-2-4-16(19)20-18(10-11-28-20)23(13-24)15-8-6-14(7-9-15)12-17(22)21(25)26/h2-11,13,17H,12,22H2,1H3,(H,25,26)/t17-/m0/s1. The molecule has 0 aliphatic heterocycles. The van der Waals surface area contributed by atoms with Crippen molar-refractivity contribution in [1.82, 2.24) is 0 Å². The van der Waals surface area contributed by atoms with Crippen molar-refractivity contribution in [3.63, 3.8) is 0 Å². The molecule has 0 spiro atoms. The molecule has 1 atom stereocenters. The fourth-order valence-electron chi connectivity index (χ4n) is 2.92. The third-order valence-corrected chi connectivity index (χ3v) is 4.35. The molecule has 1 amide bonds. The lowest BCUT2D eigenvalue weighted by Crippen LogP contribution is -2.32. The van der Waals surface area contributed by atoms with Gasteiger partial charge in [0.2, 0.25) is 6.41 Å². The number of carbonyl (C=O) groups is 2. The molecule has 1 heterocycles. The maximum absolute atomic E-state index is 11.8. The molecule has 0 unspecified atom stereocenters. The van der Waals surface area contributed by atoms with E-state index >= 15 is 0 Å². The van der Waals surface area contributed by atoms with Crippen LogP contribution in [-0.2, 0) is 16.0 Å². The van der Waals surface area contributed by atoms with Gasteiger partial charge in [-0.1, -0.05) is 24.3 Å². The number of hydrogen-bond donors (Lipinski definition) is 2. The predicted octanol–water partition coefficient (Wildman–Crippen LogP) is 3.20. The minimum Gasteiger partial charge on any atom is -0.496 e. The van der Waals surface area contributed by atoms with Gasteiger partial charge in [0.15, 0.2) is 5.76 Å². The van der Waals surface area contributed by atoms with Crippen LogP contribution in [0.2, 0.25) is 0 Å². The van der Waals surface area contributed by atoms with E-state index in [0.717, 1.165) is 11.1 Å². The molecular weight excluding hydrogens is 360 g/mol. The van der Waals surface area contributed by atoms with Crippen molar-refractivity contribution >= 4 is 23.8 Å². The molecule has 3 N–H and O–H groups in total. The number of carboxylic acids is 1. The lowest BCUT2D eigenvalue weighted by Gasteiger charge is -2.18. The predicted molar refractivity (Wildman–Crippen MR) is 105 cm³/mol. The summed E-state index contributed by atoms with van der Waals surface area (Å²) >= 11 is 0. The summed E-state index contributed by atoms with van der Waals surface area (Å²) in [5.74, 6) is 0.0718. The van der Waals surface area contributed by atoms with Crippen molar-refractivity contribution in [3.05, 3.63) is 66.4 Å². The lowest BCUT2D eigenvalue weighted by atomic mass is 10.1. The van der Waals surface area contributed by atoms with Gasteiger partial charge < -0.3 is 20.0 Å². The fourth-order valence-corrected chi connectivity index (χ4v) is 2.92. The molecule has 1 aromatic heterocycles. The summed E-state index contributed by atoms with van der Waals surface area (Å²) < 4.78 is 11.0. The zero-order valence-electron chi connectivity index (χ0n) is 15.2. The molecule has 0 aliphatic carbocycles. The number of amides is 1. The molecule has 2 aromatic carbocycles. The molecule has 144 valence electrons. The van der Waals surface area contributed by atoms with E-state index in [2.05, 4.69) is 0 Å². The van der Waals surface area contributed by atoms with E-state index in [9.17, 15) is 9.59 Å². The molecule has 7 nitrogen and oxygen atoms in total. The largest absolute Gasteiger partial charge is 0.496 e. The maximum Gasteiger partial charge on any atom is 0.320 e. The van der Waals surface area contributed by atoms with Crippen LogP contribution in [0.3, 0.4) is 0 Å². The maximum atomic E-state index is 11.8. The van der Waals surface area contributed by atoms with Gasteiger partial charge in [-0.2, -0.15) is 0 Å². The quantitative estimate of drug-likeness (QED) is 0.581. The number of aliphatic carboxylic acids is 1. The highest BCUT2D eigenvalue weighted by atomic mass is 16.5. The Morgan fingerprint density at radius 1 is 1.21 bits per heavy atom. The molecule has 28 heavy (non-hydrogen) atoms. The molecule has 0 fully saturated rings. The third kappa shape index (κ3) is 3.89. The number of nitrogens with zero attached hydrogens (tertiary/aromatic N) is 1. The highest BCUT2D eigenvalue weighted by molar-refractivity contribution is 5.93. The Morgan fingerprint density at radius 3 is 2.57 bits per heavy atom. The molecule has 0 saturated heterocycles. The lowest BCUT2D eigenvalue weighted by molar-refractivity contribution is -0.138. The van der Waals surface area contributed by atoms with Gasteiger partial charge in [-0.15, -0.1) is 0 Å². The molecule has 3 aromatic rings. The summed E-state index contributed by atoms with van der Waals surface area (Å²) in [6.07, 6.45) is 2.41. The van der Waals surface area contributed by atoms with Gasteiger partial charge in [0, 0.05) is 11.8 Å². The van der Waals surface area contributed by atoms with Crippen LogP contribution in [-0.4, -0.2) is 30.6 Å². The van der Waals surface area contributed by atoms with Gasteiger partial charge >= 0.3 is 5.97 Å². The van der Waals surface area contributed by atoms with E-state index in [1.807, 2.05) is 24.3 Å². The first-order valence-electron chi connectivity index (χ1n) is 8.58. The number of nitrogens with two attached hydrogens (primary N) is 1. The van der Waals surface area contributed by atoms with Crippen LogP contribution < -0.4 is 15.4 Å². The zero-order chi connectivity index (χ0) is 20.1. The summed E-state index contributed by atoms with van der Waals surface area (Å²) in [5, 5.41) is 8.93. The average Bonchev–Trinajstić information content (AvgIpc) is 3.19. The first-order chi connectivity index (χ1) is 13.5. The Balaban J connectivity index is 1.92. The van der Waals surface area contributed by atoms with Gasteiger partial charge in [0.1, 0.15) is 11.8 Å². The molecule has 7 heteroatoms. The second-order valence-corrected chi connectivity index (χ2v) is 6.13. The second-order valence-electron chi connectivity index (χ2n) is 6.13. The summed E-state index contributed by atoms with van der Waals surface area (Å²) in [5.41, 5.74) is 8.24. The van der Waals surface area contributed by atoms with E-state index in [1.54, 1.807) is 37.4 Å². The van der Waals surface area contributed by atoms with Crippen molar-refractivity contribution < 1.29 is 23.8 Å². The van der Waals surface area contributed by atoms with Crippen LogP contribution in [0.5, 0.6) is 5.75 Å². The van der Waals surface area contributed by atoms with Crippen LogP contribution in [0.1, 0.15) is 5.56 Å². The summed E-state index contributed by atoms with van der Waals surface area (Å²) in [4.78, 5) is 24.2. The van der Waals surface area contributed by atoms with Gasteiger partial charge in [-0.3, -0.25) is 14.5 Å². The van der Waals surface area contributed by atoms with E-state index in [0.29, 0.717) is 29.3 Å². The number of carboxylic acid groups (broad SMARTS) is 1. The van der Waals surface area contributed by atoms with E-state index in [-0.39, 0.29) is 6.42 Å². The van der Waals surface area contributed by atoms with Crippen molar-refractivity contribution in [2.24, 2.45) is 5.73 Å². The highest BCUT2D eigenvalue weighted by Gasteiger charge is 2.20. The number of carbonyl (C=O) groups excluding carboxylic acids is 1. The van der Waals surface area contributed by atoms with Crippen molar-refractivity contribution in [2.75, 3.05) is 12.0 Å². The Kier molecular flexibility index (Phi) is 5.76.